The van der Waals surface area contributed by atoms with Crippen LogP contribution in [0.5, 0.6) is 0 Å². The maximum Gasteiger partial charge on any atom is 0.241 e. The molecule has 1 unspecified atom stereocenters. The number of nitrogens with one attached hydrogen (secondary N) is 1. The van der Waals surface area contributed by atoms with Gasteiger partial charge in [-0.2, -0.15) is 0 Å². The van der Waals surface area contributed by atoms with E-state index in [0.717, 1.165) is 36.7 Å². The topological polar surface area (TPSA) is 49.4 Å². The molecule has 1 saturated heterocycles. The van der Waals surface area contributed by atoms with Crippen LogP contribution < -0.4 is 4.72 Å². The van der Waals surface area contributed by atoms with E-state index in [1.165, 1.54) is 0 Å². The quantitative estimate of drug-likeness (QED) is 0.946. The van der Waals surface area contributed by atoms with Gasteiger partial charge in [0.15, 0.2) is 0 Å². The normalized spacial score (nSPS) is 20.7. The van der Waals surface area contributed by atoms with Crippen molar-refractivity contribution in [3.05, 3.63) is 42.5 Å². The van der Waals surface area contributed by atoms with E-state index in [1.807, 2.05) is 37.4 Å². The van der Waals surface area contributed by atoms with Crippen molar-refractivity contribution in [2.24, 2.45) is 0 Å². The lowest BCUT2D eigenvalue weighted by Gasteiger charge is -2.30. The van der Waals surface area contributed by atoms with Crippen LogP contribution >= 0.6 is 0 Å². The van der Waals surface area contributed by atoms with E-state index >= 15 is 0 Å². The lowest BCUT2D eigenvalue weighted by molar-refractivity contribution is 0.242. The number of fused-ring (bicyclic) bond motifs is 1. The van der Waals surface area contributed by atoms with E-state index in [0.29, 0.717) is 4.90 Å². The molecule has 0 aromatic heterocycles. The number of nitrogens with zero attached hydrogens (tertiary/aromatic N) is 1. The van der Waals surface area contributed by atoms with Gasteiger partial charge < -0.3 is 4.90 Å². The number of likely N-dealkylation sites (N-methyl/N-ethyl adjacent to an activating group) is 1. The zero-order chi connectivity index (χ0) is 14.9. The van der Waals surface area contributed by atoms with Crippen LogP contribution in [0.4, 0.5) is 0 Å². The lowest BCUT2D eigenvalue weighted by Crippen LogP contribution is -2.46. The maximum absolute atomic E-state index is 12.7. The molecule has 4 nitrogen and oxygen atoms in total. The molecule has 1 heterocycles. The Morgan fingerprint density at radius 1 is 1.14 bits per heavy atom. The molecule has 112 valence electrons. The van der Waals surface area contributed by atoms with Gasteiger partial charge in [-0.25, -0.2) is 13.1 Å². The van der Waals surface area contributed by atoms with Gasteiger partial charge in [0.2, 0.25) is 10.0 Å². The van der Waals surface area contributed by atoms with Crippen LogP contribution in [0.2, 0.25) is 0 Å². The predicted molar refractivity (Wildman–Crippen MR) is 84.8 cm³/mol. The third kappa shape index (κ3) is 3.10. The first-order valence-corrected chi connectivity index (χ1v) is 8.73. The summed E-state index contributed by atoms with van der Waals surface area (Å²) >= 11 is 0. The molecule has 0 spiro atoms. The molecule has 0 saturated carbocycles. The Hall–Kier alpha value is -1.43. The standard InChI is InChI=1S/C16H20N2O2S/c1-18-11-5-8-14(12-18)17-21(19,20)16-10-4-7-13-6-2-3-9-15(13)16/h2-4,6-7,9-10,14,17H,5,8,11-12H2,1H3. The van der Waals surface area contributed by atoms with Gasteiger partial charge in [0.05, 0.1) is 4.90 Å². The van der Waals surface area contributed by atoms with Crippen molar-refractivity contribution < 1.29 is 8.42 Å². The minimum atomic E-state index is -3.49. The van der Waals surface area contributed by atoms with E-state index in [4.69, 9.17) is 0 Å². The van der Waals surface area contributed by atoms with Crippen molar-refractivity contribution in [2.75, 3.05) is 20.1 Å². The SMILES string of the molecule is CN1CCCC(NS(=O)(=O)c2cccc3ccccc23)C1. The van der Waals surface area contributed by atoms with E-state index in [9.17, 15) is 8.42 Å². The summed E-state index contributed by atoms with van der Waals surface area (Å²) in [5, 5.41) is 1.72. The molecular weight excluding hydrogens is 284 g/mol. The lowest BCUT2D eigenvalue weighted by atomic mass is 10.1. The largest absolute Gasteiger partial charge is 0.305 e. The van der Waals surface area contributed by atoms with Crippen LogP contribution in [-0.2, 0) is 10.0 Å². The monoisotopic (exact) mass is 304 g/mol. The van der Waals surface area contributed by atoms with Crippen LogP contribution in [0.15, 0.2) is 47.4 Å². The highest BCUT2D eigenvalue weighted by atomic mass is 32.2. The first kappa shape index (κ1) is 14.5. The third-order valence-electron chi connectivity index (χ3n) is 3.99. The second kappa shape index (κ2) is 5.75. The maximum atomic E-state index is 12.7. The first-order valence-electron chi connectivity index (χ1n) is 7.25. The van der Waals surface area contributed by atoms with Crippen LogP contribution in [0.3, 0.4) is 0 Å². The molecule has 3 rings (SSSR count). The Morgan fingerprint density at radius 3 is 2.71 bits per heavy atom. The number of rotatable bonds is 3. The molecule has 1 N–H and O–H groups in total. The minimum Gasteiger partial charge on any atom is -0.305 e. The van der Waals surface area contributed by atoms with Gasteiger partial charge in [0.1, 0.15) is 0 Å². The number of piperidine rings is 1. The van der Waals surface area contributed by atoms with Crippen molar-refractivity contribution in [1.82, 2.24) is 9.62 Å². The molecule has 1 aliphatic rings. The average molecular weight is 304 g/mol. The molecule has 21 heavy (non-hydrogen) atoms. The van der Waals surface area contributed by atoms with Gasteiger partial charge in [-0.1, -0.05) is 36.4 Å². The molecular formula is C16H20N2O2S. The fourth-order valence-corrected chi connectivity index (χ4v) is 4.47. The molecule has 0 bridgehead atoms. The predicted octanol–water partition coefficient (Wildman–Crippen LogP) is 2.21. The van der Waals surface area contributed by atoms with Crippen molar-refractivity contribution in [1.29, 1.82) is 0 Å². The zero-order valence-electron chi connectivity index (χ0n) is 12.1. The van der Waals surface area contributed by atoms with Crippen LogP contribution in [0, 0.1) is 0 Å². The van der Waals surface area contributed by atoms with E-state index in [1.54, 1.807) is 12.1 Å². The van der Waals surface area contributed by atoms with Crippen LogP contribution in [0.1, 0.15) is 12.8 Å². The van der Waals surface area contributed by atoms with E-state index in [2.05, 4.69) is 9.62 Å². The average Bonchev–Trinajstić information content (AvgIpc) is 2.46. The van der Waals surface area contributed by atoms with E-state index in [-0.39, 0.29) is 6.04 Å². The highest BCUT2D eigenvalue weighted by Crippen LogP contribution is 2.23. The smallest absolute Gasteiger partial charge is 0.241 e. The van der Waals surface area contributed by atoms with Crippen molar-refractivity contribution in [2.45, 2.75) is 23.8 Å². The van der Waals surface area contributed by atoms with Gasteiger partial charge in [-0.3, -0.25) is 0 Å². The highest BCUT2D eigenvalue weighted by molar-refractivity contribution is 7.89. The van der Waals surface area contributed by atoms with Crippen molar-refractivity contribution in [3.63, 3.8) is 0 Å². The van der Waals surface area contributed by atoms with Gasteiger partial charge in [-0.05, 0) is 37.9 Å². The van der Waals surface area contributed by atoms with Crippen LogP contribution in [0.25, 0.3) is 10.8 Å². The summed E-state index contributed by atoms with van der Waals surface area (Å²) in [6.45, 7) is 1.80. The van der Waals surface area contributed by atoms with Gasteiger partial charge in [0.25, 0.3) is 0 Å². The van der Waals surface area contributed by atoms with Gasteiger partial charge >= 0.3 is 0 Å². The number of sulfonamides is 1. The van der Waals surface area contributed by atoms with Crippen molar-refractivity contribution in [3.8, 4) is 0 Å². The summed E-state index contributed by atoms with van der Waals surface area (Å²) in [7, 11) is -1.46. The summed E-state index contributed by atoms with van der Waals surface area (Å²) in [5.41, 5.74) is 0. The molecule has 2 aromatic carbocycles. The molecule has 2 aromatic rings. The number of benzene rings is 2. The Balaban J connectivity index is 1.93. The van der Waals surface area contributed by atoms with Gasteiger partial charge in [0, 0.05) is 18.0 Å². The van der Waals surface area contributed by atoms with Crippen LogP contribution in [-0.4, -0.2) is 39.5 Å². The summed E-state index contributed by atoms with van der Waals surface area (Å²) in [6.07, 6.45) is 1.92. The van der Waals surface area contributed by atoms with E-state index < -0.39 is 10.0 Å². The molecule has 1 fully saturated rings. The summed E-state index contributed by atoms with van der Waals surface area (Å²) < 4.78 is 28.2. The zero-order valence-corrected chi connectivity index (χ0v) is 12.9. The Morgan fingerprint density at radius 2 is 1.90 bits per heavy atom. The summed E-state index contributed by atoms with van der Waals surface area (Å²) in [4.78, 5) is 2.54. The molecule has 5 heteroatoms. The summed E-state index contributed by atoms with van der Waals surface area (Å²) in [6, 6.07) is 13.0. The number of hydrogen-bond donors (Lipinski definition) is 1. The molecule has 1 aliphatic heterocycles. The second-order valence-electron chi connectivity index (χ2n) is 5.70. The Labute approximate surface area is 125 Å². The van der Waals surface area contributed by atoms with Crippen molar-refractivity contribution >= 4 is 20.8 Å². The fraction of sp³-hybridized carbons (Fsp3) is 0.375. The highest BCUT2D eigenvalue weighted by Gasteiger charge is 2.24. The third-order valence-corrected chi connectivity index (χ3v) is 5.56. The number of hydrogen-bond acceptors (Lipinski definition) is 3. The number of likely N-dealkylation sites (tertiary alicyclic amines) is 1. The molecule has 0 aliphatic carbocycles. The molecule has 0 amide bonds. The molecule has 1 atom stereocenters. The fourth-order valence-electron chi connectivity index (χ4n) is 2.98. The molecule has 0 radical (unpaired) electrons. The minimum absolute atomic E-state index is 0.00674. The summed E-state index contributed by atoms with van der Waals surface area (Å²) in [5.74, 6) is 0. The second-order valence-corrected chi connectivity index (χ2v) is 7.38. The Kier molecular flexibility index (Phi) is 3.97. The Bertz CT molecular complexity index is 738. The van der Waals surface area contributed by atoms with Gasteiger partial charge in [-0.15, -0.1) is 0 Å². The first-order chi connectivity index (χ1) is 10.1.